The molecule has 1 aliphatic rings. The van der Waals surface area contributed by atoms with Crippen LogP contribution in [0.3, 0.4) is 0 Å². The first kappa shape index (κ1) is 9.16. The summed E-state index contributed by atoms with van der Waals surface area (Å²) in [5.41, 5.74) is 0. The van der Waals surface area contributed by atoms with Crippen LogP contribution in [0.2, 0.25) is 0 Å². The molecular formula is C5H12NO4P. The number of ether oxygens (including phenoxy) is 1. The minimum atomic E-state index is -3.55. The summed E-state index contributed by atoms with van der Waals surface area (Å²) >= 11 is 0. The molecule has 0 aromatic carbocycles. The van der Waals surface area contributed by atoms with E-state index in [1.54, 1.807) is 0 Å². The molecule has 1 rings (SSSR count). The highest BCUT2D eigenvalue weighted by atomic mass is 31.2. The molecule has 11 heavy (non-hydrogen) atoms. The largest absolute Gasteiger partial charge is 0.402 e. The molecule has 2 unspecified atom stereocenters. The lowest BCUT2D eigenvalue weighted by Crippen LogP contribution is -2.26. The van der Waals surface area contributed by atoms with Crippen molar-refractivity contribution >= 4 is 7.75 Å². The van der Waals surface area contributed by atoms with Gasteiger partial charge < -0.3 is 14.2 Å². The summed E-state index contributed by atoms with van der Waals surface area (Å²) in [6, 6.07) is -0.0502. The first-order chi connectivity index (χ1) is 5.14. The predicted octanol–water partition coefficient (Wildman–Crippen LogP) is 0.112. The zero-order valence-corrected chi connectivity index (χ0v) is 7.21. The van der Waals surface area contributed by atoms with Crippen LogP contribution in [0.5, 0.6) is 0 Å². The highest BCUT2D eigenvalue weighted by Crippen LogP contribution is 2.36. The van der Waals surface area contributed by atoms with E-state index in [2.05, 4.69) is 9.61 Å². The normalized spacial score (nSPS) is 30.2. The third-order valence-corrected chi connectivity index (χ3v) is 2.71. The van der Waals surface area contributed by atoms with Crippen LogP contribution in [0.1, 0.15) is 6.42 Å². The minimum absolute atomic E-state index is 0.0502. The molecular weight excluding hydrogens is 169 g/mol. The quantitative estimate of drug-likeness (QED) is 0.605. The standard InChI is InChI=1S/C5H12NO4P/c1-9-11(7,8)6-5-2-3-10-4-5/h5H,2-4H2,1H3,(H2,6,7,8). The Morgan fingerprint density at radius 1 is 1.82 bits per heavy atom. The molecule has 0 aromatic heterocycles. The van der Waals surface area contributed by atoms with Crippen LogP contribution in [-0.4, -0.2) is 31.3 Å². The Morgan fingerprint density at radius 3 is 3.00 bits per heavy atom. The Hall–Kier alpha value is 0.0700. The number of hydrogen-bond acceptors (Lipinski definition) is 3. The molecule has 0 amide bonds. The van der Waals surface area contributed by atoms with Crippen molar-refractivity contribution < 1.29 is 18.7 Å². The van der Waals surface area contributed by atoms with Crippen LogP contribution >= 0.6 is 7.75 Å². The summed E-state index contributed by atoms with van der Waals surface area (Å²) in [4.78, 5) is 8.95. The van der Waals surface area contributed by atoms with Crippen molar-refractivity contribution in [3.8, 4) is 0 Å². The van der Waals surface area contributed by atoms with Gasteiger partial charge in [-0.05, 0) is 6.42 Å². The monoisotopic (exact) mass is 181 g/mol. The van der Waals surface area contributed by atoms with Gasteiger partial charge in [-0.1, -0.05) is 0 Å². The fourth-order valence-corrected chi connectivity index (χ4v) is 1.69. The molecule has 0 saturated carbocycles. The Morgan fingerprint density at radius 2 is 2.55 bits per heavy atom. The first-order valence-corrected chi connectivity index (χ1v) is 4.96. The number of rotatable bonds is 3. The van der Waals surface area contributed by atoms with Gasteiger partial charge in [0.2, 0.25) is 0 Å². The Bertz CT molecular complexity index is 168. The zero-order valence-electron chi connectivity index (χ0n) is 6.32. The summed E-state index contributed by atoms with van der Waals surface area (Å²) in [5.74, 6) is 0. The Balaban J connectivity index is 2.34. The van der Waals surface area contributed by atoms with Gasteiger partial charge in [-0.25, -0.2) is 9.65 Å². The highest BCUT2D eigenvalue weighted by Gasteiger charge is 2.25. The lowest BCUT2D eigenvalue weighted by atomic mass is 10.3. The molecule has 1 aliphatic heterocycles. The van der Waals surface area contributed by atoms with Crippen LogP contribution < -0.4 is 5.09 Å². The SMILES string of the molecule is COP(=O)(O)NC1CCOC1. The second kappa shape index (κ2) is 3.65. The number of hydrogen-bond donors (Lipinski definition) is 2. The van der Waals surface area contributed by atoms with Crippen molar-refractivity contribution in [3.05, 3.63) is 0 Å². The van der Waals surface area contributed by atoms with Crippen LogP contribution in [0.15, 0.2) is 0 Å². The van der Waals surface area contributed by atoms with E-state index in [4.69, 9.17) is 9.63 Å². The van der Waals surface area contributed by atoms with Gasteiger partial charge in [0.1, 0.15) is 0 Å². The Kier molecular flexibility index (Phi) is 3.04. The molecule has 6 heteroatoms. The van der Waals surface area contributed by atoms with E-state index in [-0.39, 0.29) is 6.04 Å². The highest BCUT2D eigenvalue weighted by molar-refractivity contribution is 7.50. The molecule has 0 aliphatic carbocycles. The molecule has 0 aromatic rings. The molecule has 0 bridgehead atoms. The summed E-state index contributed by atoms with van der Waals surface area (Å²) in [7, 11) is -2.35. The number of nitrogens with one attached hydrogen (secondary N) is 1. The molecule has 1 fully saturated rings. The van der Waals surface area contributed by atoms with E-state index >= 15 is 0 Å². The van der Waals surface area contributed by atoms with E-state index < -0.39 is 7.75 Å². The summed E-state index contributed by atoms with van der Waals surface area (Å²) in [5, 5.41) is 2.47. The molecule has 1 heterocycles. The third kappa shape index (κ3) is 2.89. The topological polar surface area (TPSA) is 67.8 Å². The van der Waals surface area contributed by atoms with E-state index in [9.17, 15) is 4.57 Å². The van der Waals surface area contributed by atoms with Gasteiger partial charge in [-0.3, -0.25) is 0 Å². The van der Waals surface area contributed by atoms with Crippen LogP contribution in [0.4, 0.5) is 0 Å². The van der Waals surface area contributed by atoms with Gasteiger partial charge in [0.15, 0.2) is 0 Å². The lowest BCUT2D eigenvalue weighted by Gasteiger charge is -2.14. The van der Waals surface area contributed by atoms with Crippen molar-refractivity contribution in [2.45, 2.75) is 12.5 Å². The van der Waals surface area contributed by atoms with E-state index in [0.717, 1.165) is 6.42 Å². The summed E-state index contributed by atoms with van der Waals surface area (Å²) in [6.45, 7) is 1.12. The maximum Gasteiger partial charge on any atom is 0.402 e. The molecule has 1 saturated heterocycles. The fraction of sp³-hybridized carbons (Fsp3) is 1.00. The summed E-state index contributed by atoms with van der Waals surface area (Å²) in [6.07, 6.45) is 0.758. The van der Waals surface area contributed by atoms with Crippen LogP contribution in [0.25, 0.3) is 0 Å². The van der Waals surface area contributed by atoms with Crippen molar-refractivity contribution in [1.82, 2.24) is 5.09 Å². The fourth-order valence-electron chi connectivity index (χ4n) is 0.920. The summed E-state index contributed by atoms with van der Waals surface area (Å²) < 4.78 is 20.2. The van der Waals surface area contributed by atoms with Gasteiger partial charge in [0, 0.05) is 19.8 Å². The van der Waals surface area contributed by atoms with Crippen molar-refractivity contribution in [1.29, 1.82) is 0 Å². The first-order valence-electron chi connectivity index (χ1n) is 3.38. The van der Waals surface area contributed by atoms with Crippen molar-refractivity contribution in [3.63, 3.8) is 0 Å². The maximum atomic E-state index is 10.9. The van der Waals surface area contributed by atoms with Crippen molar-refractivity contribution in [2.75, 3.05) is 20.3 Å². The van der Waals surface area contributed by atoms with Gasteiger partial charge in [0.05, 0.1) is 6.61 Å². The van der Waals surface area contributed by atoms with E-state index in [1.165, 1.54) is 7.11 Å². The second-order valence-corrected chi connectivity index (χ2v) is 4.06. The molecule has 0 radical (unpaired) electrons. The van der Waals surface area contributed by atoms with Crippen molar-refractivity contribution in [2.24, 2.45) is 0 Å². The van der Waals surface area contributed by atoms with Gasteiger partial charge >= 0.3 is 7.75 Å². The van der Waals surface area contributed by atoms with Crippen LogP contribution in [0, 0.1) is 0 Å². The molecule has 2 N–H and O–H groups in total. The van der Waals surface area contributed by atoms with E-state index in [0.29, 0.717) is 13.2 Å². The Labute approximate surface area is 65.3 Å². The van der Waals surface area contributed by atoms with Crippen LogP contribution in [-0.2, 0) is 13.8 Å². The minimum Gasteiger partial charge on any atom is -0.380 e. The maximum absolute atomic E-state index is 10.9. The zero-order chi connectivity index (χ0) is 8.32. The lowest BCUT2D eigenvalue weighted by molar-refractivity contribution is 0.190. The average Bonchev–Trinajstić information content (AvgIpc) is 2.39. The van der Waals surface area contributed by atoms with Gasteiger partial charge in [0.25, 0.3) is 0 Å². The molecule has 2 atom stereocenters. The molecule has 5 nitrogen and oxygen atoms in total. The third-order valence-electron chi connectivity index (χ3n) is 1.52. The smallest absolute Gasteiger partial charge is 0.380 e. The van der Waals surface area contributed by atoms with Gasteiger partial charge in [-0.2, -0.15) is 0 Å². The predicted molar refractivity (Wildman–Crippen MR) is 39.2 cm³/mol. The average molecular weight is 181 g/mol. The van der Waals surface area contributed by atoms with Gasteiger partial charge in [-0.15, -0.1) is 0 Å². The van der Waals surface area contributed by atoms with E-state index in [1.807, 2.05) is 0 Å². The second-order valence-electron chi connectivity index (χ2n) is 2.39. The molecule has 66 valence electrons. The molecule has 0 spiro atoms.